The molecule has 5 nitrogen and oxygen atoms in total. The van der Waals surface area contributed by atoms with Crippen LogP contribution >= 0.6 is 0 Å². The van der Waals surface area contributed by atoms with E-state index in [4.69, 9.17) is 0 Å². The maximum Gasteiger partial charge on any atom is 0.272 e. The zero-order valence-electron chi connectivity index (χ0n) is 13.1. The van der Waals surface area contributed by atoms with Crippen LogP contribution in [0.1, 0.15) is 23.8 Å². The topological polar surface area (TPSA) is 64.0 Å². The minimum Gasteiger partial charge on any atom is -0.321 e. The summed E-state index contributed by atoms with van der Waals surface area (Å²) in [6.45, 7) is 2.29. The summed E-state index contributed by atoms with van der Waals surface area (Å²) in [5.41, 5.74) is 0.469. The molecule has 2 heterocycles. The van der Waals surface area contributed by atoms with Gasteiger partial charge in [-0.25, -0.2) is 4.39 Å². The summed E-state index contributed by atoms with van der Waals surface area (Å²) in [5, 5.41) is 3.55. The zero-order chi connectivity index (χ0) is 17.1. The number of fused-ring (bicyclic) bond motifs is 1. The van der Waals surface area contributed by atoms with Crippen molar-refractivity contribution in [3.8, 4) is 0 Å². The van der Waals surface area contributed by atoms with Crippen LogP contribution in [0.2, 0.25) is 0 Å². The van der Waals surface area contributed by atoms with Gasteiger partial charge in [-0.15, -0.1) is 0 Å². The summed E-state index contributed by atoms with van der Waals surface area (Å²) in [7, 11) is 0. The number of pyridine rings is 2. The summed E-state index contributed by atoms with van der Waals surface area (Å²) in [6.07, 6.45) is 3.81. The number of hydrogen-bond donors (Lipinski definition) is 1. The van der Waals surface area contributed by atoms with Gasteiger partial charge in [0, 0.05) is 24.6 Å². The third-order valence-corrected chi connectivity index (χ3v) is 3.69. The van der Waals surface area contributed by atoms with Gasteiger partial charge in [0.25, 0.3) is 11.5 Å². The molecule has 1 aromatic carbocycles. The van der Waals surface area contributed by atoms with Crippen LogP contribution in [0.25, 0.3) is 10.8 Å². The third-order valence-electron chi connectivity index (χ3n) is 3.69. The quantitative estimate of drug-likeness (QED) is 0.801. The molecule has 122 valence electrons. The molecule has 0 aliphatic rings. The highest BCUT2D eigenvalue weighted by Gasteiger charge is 2.16. The van der Waals surface area contributed by atoms with E-state index >= 15 is 0 Å². The maximum absolute atomic E-state index is 13.4. The third kappa shape index (κ3) is 3.03. The molecule has 1 amide bonds. The first-order valence-electron chi connectivity index (χ1n) is 7.64. The summed E-state index contributed by atoms with van der Waals surface area (Å²) in [4.78, 5) is 29.2. The van der Waals surface area contributed by atoms with E-state index in [9.17, 15) is 14.0 Å². The van der Waals surface area contributed by atoms with Crippen molar-refractivity contribution < 1.29 is 9.18 Å². The Morgan fingerprint density at radius 1 is 1.21 bits per heavy atom. The van der Waals surface area contributed by atoms with E-state index in [1.165, 1.54) is 22.8 Å². The molecular formula is C18H16FN3O2. The van der Waals surface area contributed by atoms with Crippen LogP contribution in [-0.2, 0) is 6.54 Å². The fourth-order valence-electron chi connectivity index (χ4n) is 2.58. The van der Waals surface area contributed by atoms with Crippen LogP contribution in [-0.4, -0.2) is 15.5 Å². The number of benzene rings is 1. The molecule has 0 saturated carbocycles. The van der Waals surface area contributed by atoms with Gasteiger partial charge in [0.15, 0.2) is 0 Å². The smallest absolute Gasteiger partial charge is 0.272 e. The summed E-state index contributed by atoms with van der Waals surface area (Å²) < 4.78 is 14.8. The van der Waals surface area contributed by atoms with Crippen LogP contribution in [0.5, 0.6) is 0 Å². The molecule has 0 aliphatic heterocycles. The molecule has 24 heavy (non-hydrogen) atoms. The van der Waals surface area contributed by atoms with Crippen LogP contribution in [0.3, 0.4) is 0 Å². The SMILES string of the molecule is CCCn1c(C(=O)Nc2ccncc2)cc2ccc(F)cc2c1=O. The van der Waals surface area contributed by atoms with Gasteiger partial charge >= 0.3 is 0 Å². The van der Waals surface area contributed by atoms with Gasteiger partial charge < -0.3 is 9.88 Å². The summed E-state index contributed by atoms with van der Waals surface area (Å²) >= 11 is 0. The Morgan fingerprint density at radius 3 is 2.67 bits per heavy atom. The van der Waals surface area contributed by atoms with E-state index < -0.39 is 11.7 Å². The lowest BCUT2D eigenvalue weighted by Crippen LogP contribution is -2.28. The molecule has 3 rings (SSSR count). The van der Waals surface area contributed by atoms with E-state index in [0.717, 1.165) is 0 Å². The Bertz CT molecular complexity index is 952. The first-order chi connectivity index (χ1) is 11.6. The predicted octanol–water partition coefficient (Wildman–Crippen LogP) is 3.20. The lowest BCUT2D eigenvalue weighted by molar-refractivity contribution is 0.101. The van der Waals surface area contributed by atoms with Crippen molar-refractivity contribution in [2.45, 2.75) is 19.9 Å². The molecule has 0 saturated heterocycles. The molecule has 1 N–H and O–H groups in total. The number of amides is 1. The van der Waals surface area contributed by atoms with Crippen molar-refractivity contribution in [3.63, 3.8) is 0 Å². The van der Waals surface area contributed by atoms with E-state index in [-0.39, 0.29) is 16.6 Å². The Hall–Kier alpha value is -3.02. The second-order valence-electron chi connectivity index (χ2n) is 5.41. The minimum atomic E-state index is -0.475. The number of aromatic nitrogens is 2. The second-order valence-corrected chi connectivity index (χ2v) is 5.41. The van der Waals surface area contributed by atoms with Crippen molar-refractivity contribution in [2.75, 3.05) is 5.32 Å². The number of rotatable bonds is 4. The number of nitrogens with one attached hydrogen (secondary N) is 1. The minimum absolute atomic E-state index is 0.248. The number of carbonyl (C=O) groups is 1. The molecule has 2 aromatic heterocycles. The van der Waals surface area contributed by atoms with Gasteiger partial charge in [0.1, 0.15) is 11.5 Å². The van der Waals surface area contributed by atoms with Gasteiger partial charge in [-0.1, -0.05) is 13.0 Å². The fourth-order valence-corrected chi connectivity index (χ4v) is 2.58. The highest BCUT2D eigenvalue weighted by molar-refractivity contribution is 6.05. The average molecular weight is 325 g/mol. The van der Waals surface area contributed by atoms with E-state index in [2.05, 4.69) is 10.3 Å². The standard InChI is InChI=1S/C18H16FN3O2/c1-2-9-22-16(17(23)21-14-5-7-20-8-6-14)10-12-3-4-13(19)11-15(12)18(22)24/h3-8,10-11H,2,9H2,1H3,(H,20,21,23). The van der Waals surface area contributed by atoms with Crippen molar-refractivity contribution in [1.82, 2.24) is 9.55 Å². The van der Waals surface area contributed by atoms with Crippen LogP contribution < -0.4 is 10.9 Å². The van der Waals surface area contributed by atoms with Gasteiger partial charge in [-0.2, -0.15) is 0 Å². The molecule has 3 aromatic rings. The van der Waals surface area contributed by atoms with E-state index in [0.29, 0.717) is 24.0 Å². The lowest BCUT2D eigenvalue weighted by Gasteiger charge is -2.14. The van der Waals surface area contributed by atoms with Crippen molar-refractivity contribution in [3.05, 3.63) is 70.7 Å². The first-order valence-corrected chi connectivity index (χ1v) is 7.64. The molecule has 0 atom stereocenters. The van der Waals surface area contributed by atoms with Crippen LogP contribution in [0.4, 0.5) is 10.1 Å². The van der Waals surface area contributed by atoms with Crippen molar-refractivity contribution in [2.24, 2.45) is 0 Å². The van der Waals surface area contributed by atoms with Gasteiger partial charge in [0.2, 0.25) is 0 Å². The number of anilines is 1. The molecule has 0 fully saturated rings. The number of carbonyl (C=O) groups excluding carboxylic acids is 1. The lowest BCUT2D eigenvalue weighted by atomic mass is 10.1. The Morgan fingerprint density at radius 2 is 1.96 bits per heavy atom. The Kier molecular flexibility index (Phi) is 4.37. The van der Waals surface area contributed by atoms with Gasteiger partial charge in [-0.3, -0.25) is 14.6 Å². The average Bonchev–Trinajstić information content (AvgIpc) is 2.58. The molecule has 6 heteroatoms. The number of hydrogen-bond acceptors (Lipinski definition) is 3. The molecular weight excluding hydrogens is 309 g/mol. The first kappa shape index (κ1) is 15.9. The van der Waals surface area contributed by atoms with Crippen molar-refractivity contribution >= 4 is 22.4 Å². The monoisotopic (exact) mass is 325 g/mol. The molecule has 0 unspecified atom stereocenters. The highest BCUT2D eigenvalue weighted by Crippen LogP contribution is 2.16. The maximum atomic E-state index is 13.4. The van der Waals surface area contributed by atoms with E-state index in [1.807, 2.05) is 6.92 Å². The van der Waals surface area contributed by atoms with Gasteiger partial charge in [-0.05, 0) is 42.1 Å². The molecule has 0 aliphatic carbocycles. The zero-order valence-corrected chi connectivity index (χ0v) is 13.1. The van der Waals surface area contributed by atoms with Crippen LogP contribution in [0.15, 0.2) is 53.6 Å². The normalized spacial score (nSPS) is 10.8. The Labute approximate surface area is 137 Å². The predicted molar refractivity (Wildman–Crippen MR) is 90.6 cm³/mol. The fraction of sp³-hybridized carbons (Fsp3) is 0.167. The molecule has 0 spiro atoms. The molecule has 0 bridgehead atoms. The number of halogens is 1. The van der Waals surface area contributed by atoms with Gasteiger partial charge in [0.05, 0.1) is 5.39 Å². The highest BCUT2D eigenvalue weighted by atomic mass is 19.1. The molecule has 0 radical (unpaired) electrons. The second kappa shape index (κ2) is 6.62. The van der Waals surface area contributed by atoms with Crippen molar-refractivity contribution in [1.29, 1.82) is 0 Å². The van der Waals surface area contributed by atoms with Crippen LogP contribution in [0, 0.1) is 5.82 Å². The summed E-state index contributed by atoms with van der Waals surface area (Å²) in [6, 6.07) is 8.92. The number of nitrogens with zero attached hydrogens (tertiary/aromatic N) is 2. The van der Waals surface area contributed by atoms with E-state index in [1.54, 1.807) is 30.6 Å². The Balaban J connectivity index is 2.12. The largest absolute Gasteiger partial charge is 0.321 e. The summed E-state index contributed by atoms with van der Waals surface area (Å²) in [5.74, 6) is -0.866.